The minimum Gasteiger partial charge on any atom is -0.439 e. The zero-order valence-electron chi connectivity index (χ0n) is 10.8. The molecule has 0 radical (unpaired) electrons. The predicted molar refractivity (Wildman–Crippen MR) is 72.7 cm³/mol. The summed E-state index contributed by atoms with van der Waals surface area (Å²) in [6.45, 7) is 4.71. The van der Waals surface area contributed by atoms with Crippen LogP contribution in [-0.2, 0) is 6.54 Å². The maximum absolute atomic E-state index is 5.85. The van der Waals surface area contributed by atoms with E-state index in [1.807, 2.05) is 36.4 Å². The van der Waals surface area contributed by atoms with Crippen molar-refractivity contribution in [3.05, 3.63) is 53.7 Å². The number of hydrogen-bond donors (Lipinski definition) is 1. The van der Waals surface area contributed by atoms with Gasteiger partial charge in [-0.25, -0.2) is 4.98 Å². The molecule has 18 heavy (non-hydrogen) atoms. The summed E-state index contributed by atoms with van der Waals surface area (Å²) in [5, 5.41) is 0. The van der Waals surface area contributed by atoms with Crippen molar-refractivity contribution < 1.29 is 4.74 Å². The van der Waals surface area contributed by atoms with Gasteiger partial charge in [-0.05, 0) is 23.6 Å². The maximum Gasteiger partial charge on any atom is 0.219 e. The van der Waals surface area contributed by atoms with Crippen molar-refractivity contribution in [2.45, 2.75) is 26.3 Å². The Hall–Kier alpha value is -1.87. The molecule has 1 aromatic heterocycles. The zero-order valence-corrected chi connectivity index (χ0v) is 10.8. The SMILES string of the molecule is CC(C)c1ccccc1Oc1cccc(CN)n1. The number of pyridine rings is 1. The summed E-state index contributed by atoms with van der Waals surface area (Å²) in [5.41, 5.74) is 7.58. The van der Waals surface area contributed by atoms with Gasteiger partial charge in [-0.15, -0.1) is 0 Å². The summed E-state index contributed by atoms with van der Waals surface area (Å²) in [6.07, 6.45) is 0. The number of nitrogens with two attached hydrogens (primary N) is 1. The van der Waals surface area contributed by atoms with E-state index in [2.05, 4.69) is 24.9 Å². The quantitative estimate of drug-likeness (QED) is 0.893. The second kappa shape index (κ2) is 5.65. The smallest absolute Gasteiger partial charge is 0.219 e. The lowest BCUT2D eigenvalue weighted by atomic mass is 10.0. The van der Waals surface area contributed by atoms with E-state index in [4.69, 9.17) is 10.5 Å². The summed E-state index contributed by atoms with van der Waals surface area (Å²) in [4.78, 5) is 4.34. The third-order valence-corrected chi connectivity index (χ3v) is 2.75. The molecule has 3 heteroatoms. The lowest BCUT2D eigenvalue weighted by Crippen LogP contribution is -2.01. The molecular formula is C15H18N2O. The molecule has 0 aliphatic carbocycles. The molecule has 1 aromatic carbocycles. The predicted octanol–water partition coefficient (Wildman–Crippen LogP) is 3.46. The van der Waals surface area contributed by atoms with Gasteiger partial charge in [0, 0.05) is 12.6 Å². The van der Waals surface area contributed by atoms with Gasteiger partial charge in [0.15, 0.2) is 0 Å². The highest BCUT2D eigenvalue weighted by molar-refractivity contribution is 5.38. The Labute approximate surface area is 108 Å². The van der Waals surface area contributed by atoms with Gasteiger partial charge in [0.05, 0.1) is 5.69 Å². The molecule has 0 fully saturated rings. The fraction of sp³-hybridized carbons (Fsp3) is 0.267. The van der Waals surface area contributed by atoms with Crippen LogP contribution in [0.5, 0.6) is 11.6 Å². The van der Waals surface area contributed by atoms with Gasteiger partial charge in [0.2, 0.25) is 5.88 Å². The van der Waals surface area contributed by atoms with Crippen LogP contribution < -0.4 is 10.5 Å². The minimum atomic E-state index is 0.416. The number of rotatable bonds is 4. The van der Waals surface area contributed by atoms with Crippen molar-refractivity contribution in [3.63, 3.8) is 0 Å². The Bertz CT molecular complexity index is 523. The Balaban J connectivity index is 2.28. The lowest BCUT2D eigenvalue weighted by molar-refractivity contribution is 0.452. The van der Waals surface area contributed by atoms with E-state index in [0.717, 1.165) is 11.4 Å². The van der Waals surface area contributed by atoms with Crippen molar-refractivity contribution in [1.29, 1.82) is 0 Å². The van der Waals surface area contributed by atoms with Crippen molar-refractivity contribution in [3.8, 4) is 11.6 Å². The fourth-order valence-corrected chi connectivity index (χ4v) is 1.79. The largest absolute Gasteiger partial charge is 0.439 e. The van der Waals surface area contributed by atoms with E-state index in [-0.39, 0.29) is 0 Å². The molecule has 0 bridgehead atoms. The van der Waals surface area contributed by atoms with Crippen molar-refractivity contribution >= 4 is 0 Å². The van der Waals surface area contributed by atoms with E-state index in [1.54, 1.807) is 0 Å². The monoisotopic (exact) mass is 242 g/mol. The molecule has 0 saturated heterocycles. The van der Waals surface area contributed by atoms with Crippen LogP contribution in [0.3, 0.4) is 0 Å². The number of aromatic nitrogens is 1. The first-order valence-electron chi connectivity index (χ1n) is 6.13. The average molecular weight is 242 g/mol. The van der Waals surface area contributed by atoms with Crippen molar-refractivity contribution in [1.82, 2.24) is 4.98 Å². The number of para-hydroxylation sites is 1. The topological polar surface area (TPSA) is 48.1 Å². The molecular weight excluding hydrogens is 224 g/mol. The van der Waals surface area contributed by atoms with E-state index in [9.17, 15) is 0 Å². The lowest BCUT2D eigenvalue weighted by Gasteiger charge is -2.13. The van der Waals surface area contributed by atoms with E-state index < -0.39 is 0 Å². The molecule has 0 aliphatic heterocycles. The third kappa shape index (κ3) is 2.87. The Kier molecular flexibility index (Phi) is 3.95. The van der Waals surface area contributed by atoms with Crippen LogP contribution in [0.25, 0.3) is 0 Å². The van der Waals surface area contributed by atoms with Crippen LogP contribution in [0.2, 0.25) is 0 Å². The first-order valence-corrected chi connectivity index (χ1v) is 6.13. The van der Waals surface area contributed by atoms with Gasteiger partial charge in [0.25, 0.3) is 0 Å². The molecule has 94 valence electrons. The van der Waals surface area contributed by atoms with Gasteiger partial charge in [-0.1, -0.05) is 38.1 Å². The minimum absolute atomic E-state index is 0.416. The van der Waals surface area contributed by atoms with E-state index in [0.29, 0.717) is 18.3 Å². The highest BCUT2D eigenvalue weighted by atomic mass is 16.5. The molecule has 0 spiro atoms. The number of hydrogen-bond acceptors (Lipinski definition) is 3. The molecule has 2 N–H and O–H groups in total. The highest BCUT2D eigenvalue weighted by Crippen LogP contribution is 2.29. The molecule has 0 atom stereocenters. The Morgan fingerprint density at radius 3 is 2.61 bits per heavy atom. The van der Waals surface area contributed by atoms with Gasteiger partial charge >= 0.3 is 0 Å². The van der Waals surface area contributed by atoms with Gasteiger partial charge < -0.3 is 10.5 Å². The van der Waals surface area contributed by atoms with Crippen LogP contribution >= 0.6 is 0 Å². The van der Waals surface area contributed by atoms with E-state index in [1.165, 1.54) is 5.56 Å². The van der Waals surface area contributed by atoms with E-state index >= 15 is 0 Å². The number of nitrogens with zero attached hydrogens (tertiary/aromatic N) is 1. The summed E-state index contributed by atoms with van der Waals surface area (Å²) in [5.74, 6) is 1.86. The Morgan fingerprint density at radius 1 is 1.11 bits per heavy atom. The number of benzene rings is 1. The van der Waals surface area contributed by atoms with Crippen LogP contribution in [-0.4, -0.2) is 4.98 Å². The van der Waals surface area contributed by atoms with Crippen molar-refractivity contribution in [2.24, 2.45) is 5.73 Å². The number of ether oxygens (including phenoxy) is 1. The Morgan fingerprint density at radius 2 is 1.89 bits per heavy atom. The summed E-state index contributed by atoms with van der Waals surface area (Å²) in [6, 6.07) is 13.7. The van der Waals surface area contributed by atoms with Crippen LogP contribution in [0, 0.1) is 0 Å². The fourth-order valence-electron chi connectivity index (χ4n) is 1.79. The maximum atomic E-state index is 5.85. The molecule has 0 aliphatic rings. The molecule has 0 amide bonds. The van der Waals surface area contributed by atoms with Crippen LogP contribution in [0.15, 0.2) is 42.5 Å². The molecule has 2 aromatic rings. The van der Waals surface area contributed by atoms with Gasteiger partial charge in [-0.3, -0.25) is 0 Å². The highest BCUT2D eigenvalue weighted by Gasteiger charge is 2.08. The zero-order chi connectivity index (χ0) is 13.0. The molecule has 1 heterocycles. The standard InChI is InChI=1S/C15H18N2O/c1-11(2)13-7-3-4-8-14(13)18-15-9-5-6-12(10-16)17-15/h3-9,11H,10,16H2,1-2H3. The normalized spacial score (nSPS) is 10.7. The second-order valence-corrected chi connectivity index (χ2v) is 4.47. The van der Waals surface area contributed by atoms with Crippen LogP contribution in [0.1, 0.15) is 31.0 Å². The van der Waals surface area contributed by atoms with Crippen molar-refractivity contribution in [2.75, 3.05) is 0 Å². The summed E-state index contributed by atoms with van der Waals surface area (Å²) in [7, 11) is 0. The average Bonchev–Trinajstić information content (AvgIpc) is 2.39. The molecule has 3 nitrogen and oxygen atoms in total. The molecule has 0 unspecified atom stereocenters. The first-order chi connectivity index (χ1) is 8.70. The summed E-state index contributed by atoms with van der Waals surface area (Å²) >= 11 is 0. The molecule has 0 saturated carbocycles. The van der Waals surface area contributed by atoms with Crippen LogP contribution in [0.4, 0.5) is 0 Å². The second-order valence-electron chi connectivity index (χ2n) is 4.47. The first kappa shape index (κ1) is 12.6. The van der Waals surface area contributed by atoms with Gasteiger partial charge in [-0.2, -0.15) is 0 Å². The third-order valence-electron chi connectivity index (χ3n) is 2.75. The van der Waals surface area contributed by atoms with Gasteiger partial charge in [0.1, 0.15) is 5.75 Å². The molecule has 2 rings (SSSR count). The summed E-state index contributed by atoms with van der Waals surface area (Å²) < 4.78 is 5.85.